The van der Waals surface area contributed by atoms with Crippen LogP contribution in [0.2, 0.25) is 0 Å². The van der Waals surface area contributed by atoms with Crippen molar-refractivity contribution in [3.63, 3.8) is 0 Å². The van der Waals surface area contributed by atoms with Crippen molar-refractivity contribution in [2.24, 2.45) is 0 Å². The van der Waals surface area contributed by atoms with Crippen molar-refractivity contribution >= 4 is 49.1 Å². The van der Waals surface area contributed by atoms with Gasteiger partial charge in [-0.1, -0.05) is 6.92 Å². The molecule has 0 radical (unpaired) electrons. The molecule has 0 bridgehead atoms. The van der Waals surface area contributed by atoms with Gasteiger partial charge >= 0.3 is 0 Å². The van der Waals surface area contributed by atoms with Crippen molar-refractivity contribution in [1.82, 2.24) is 10.2 Å². The van der Waals surface area contributed by atoms with Crippen LogP contribution in [0.4, 0.5) is 0 Å². The van der Waals surface area contributed by atoms with E-state index in [2.05, 4.69) is 49.0 Å². The van der Waals surface area contributed by atoms with E-state index < -0.39 is 0 Å². The van der Waals surface area contributed by atoms with Crippen LogP contribution in [0, 0.1) is 0 Å². The first-order valence-corrected chi connectivity index (χ1v) is 9.00. The Morgan fingerprint density at radius 1 is 1.47 bits per heavy atom. The third-order valence-electron chi connectivity index (χ3n) is 3.36. The van der Waals surface area contributed by atoms with Crippen LogP contribution in [0.1, 0.15) is 36.5 Å². The molecule has 1 aromatic rings. The average molecular weight is 410 g/mol. The molecular weight excluding hydrogens is 392 g/mol. The number of rotatable bonds is 4. The Hall–Kier alpha value is 0.0900. The Balaban J connectivity index is 2.17. The zero-order valence-corrected chi connectivity index (χ0v) is 14.9. The lowest BCUT2D eigenvalue weighted by molar-refractivity contribution is 0.0642. The molecule has 0 atom stereocenters. The monoisotopic (exact) mass is 408 g/mol. The normalized spacial score (nSPS) is 16.6. The van der Waals surface area contributed by atoms with Gasteiger partial charge in [-0.05, 0) is 70.3 Å². The van der Waals surface area contributed by atoms with Crippen LogP contribution in [-0.4, -0.2) is 36.5 Å². The van der Waals surface area contributed by atoms with E-state index in [-0.39, 0.29) is 5.91 Å². The topological polar surface area (TPSA) is 32.3 Å². The van der Waals surface area contributed by atoms with Crippen LogP contribution < -0.4 is 5.32 Å². The number of amides is 1. The lowest BCUT2D eigenvalue weighted by atomic mass is 10.0. The number of thiophene rings is 1. The summed E-state index contributed by atoms with van der Waals surface area (Å²) >= 11 is 8.49. The zero-order chi connectivity index (χ0) is 13.8. The zero-order valence-electron chi connectivity index (χ0n) is 10.9. The maximum atomic E-state index is 12.7. The molecule has 0 spiro atoms. The number of piperidine rings is 1. The standard InChI is InChI=1S/C13H18Br2N2OS/c1-2-7-17(9-3-5-16-6-4-9)13(18)10-8-11(14)19-12(10)15/h8-9,16H,2-7H2,1H3. The van der Waals surface area contributed by atoms with E-state index in [1.807, 2.05) is 6.07 Å². The SMILES string of the molecule is CCCN(C(=O)c1cc(Br)sc1Br)C1CCNCC1. The lowest BCUT2D eigenvalue weighted by Gasteiger charge is -2.34. The number of nitrogens with zero attached hydrogens (tertiary/aromatic N) is 1. The Labute approximate surface area is 135 Å². The molecule has 1 fully saturated rings. The number of halogens is 2. The van der Waals surface area contributed by atoms with Gasteiger partial charge in [0.2, 0.25) is 0 Å². The largest absolute Gasteiger partial charge is 0.336 e. The number of hydrogen-bond acceptors (Lipinski definition) is 3. The van der Waals surface area contributed by atoms with Gasteiger partial charge in [0.15, 0.2) is 0 Å². The van der Waals surface area contributed by atoms with E-state index in [9.17, 15) is 4.79 Å². The second-order valence-electron chi connectivity index (χ2n) is 4.72. The first-order chi connectivity index (χ1) is 9.13. The van der Waals surface area contributed by atoms with Gasteiger partial charge in [-0.3, -0.25) is 4.79 Å². The van der Waals surface area contributed by atoms with E-state index in [0.717, 1.165) is 52.0 Å². The molecule has 1 amide bonds. The van der Waals surface area contributed by atoms with Gasteiger partial charge in [-0.25, -0.2) is 0 Å². The molecule has 0 unspecified atom stereocenters. The first kappa shape index (κ1) is 15.5. The van der Waals surface area contributed by atoms with Gasteiger partial charge in [0.1, 0.15) is 0 Å². The molecule has 0 saturated carbocycles. The highest BCUT2D eigenvalue weighted by molar-refractivity contribution is 9.12. The molecule has 0 aromatic carbocycles. The summed E-state index contributed by atoms with van der Waals surface area (Å²) in [7, 11) is 0. The summed E-state index contributed by atoms with van der Waals surface area (Å²) in [6.07, 6.45) is 3.10. The molecule has 1 N–H and O–H groups in total. The maximum Gasteiger partial charge on any atom is 0.256 e. The van der Waals surface area contributed by atoms with E-state index in [1.54, 1.807) is 11.3 Å². The molecule has 1 saturated heterocycles. The van der Waals surface area contributed by atoms with Gasteiger partial charge in [-0.2, -0.15) is 0 Å². The van der Waals surface area contributed by atoms with Crippen LogP contribution in [-0.2, 0) is 0 Å². The van der Waals surface area contributed by atoms with Crippen molar-refractivity contribution in [2.75, 3.05) is 19.6 Å². The predicted octanol–water partition coefficient (Wildman–Crippen LogP) is 3.88. The first-order valence-electron chi connectivity index (χ1n) is 6.60. The number of carbonyl (C=O) groups excluding carboxylic acids is 1. The minimum atomic E-state index is 0.155. The molecule has 1 aromatic heterocycles. The summed E-state index contributed by atoms with van der Waals surface area (Å²) in [6, 6.07) is 2.29. The molecule has 2 heterocycles. The molecule has 3 nitrogen and oxygen atoms in total. The molecular formula is C13H18Br2N2OS. The summed E-state index contributed by atoms with van der Waals surface area (Å²) in [6.45, 7) is 4.97. The van der Waals surface area contributed by atoms with Gasteiger partial charge in [0.05, 0.1) is 13.1 Å². The predicted molar refractivity (Wildman–Crippen MR) is 86.9 cm³/mol. The van der Waals surface area contributed by atoms with Crippen LogP contribution >= 0.6 is 43.2 Å². The van der Waals surface area contributed by atoms with Gasteiger partial charge in [0.25, 0.3) is 5.91 Å². The molecule has 19 heavy (non-hydrogen) atoms. The van der Waals surface area contributed by atoms with E-state index in [0.29, 0.717) is 6.04 Å². The summed E-state index contributed by atoms with van der Waals surface area (Å²) < 4.78 is 1.91. The minimum Gasteiger partial charge on any atom is -0.336 e. The summed E-state index contributed by atoms with van der Waals surface area (Å²) in [5.41, 5.74) is 0.781. The highest BCUT2D eigenvalue weighted by atomic mass is 79.9. The molecule has 2 rings (SSSR count). The van der Waals surface area contributed by atoms with E-state index in [4.69, 9.17) is 0 Å². The molecule has 106 valence electrons. The van der Waals surface area contributed by atoms with Crippen LogP contribution in [0.3, 0.4) is 0 Å². The van der Waals surface area contributed by atoms with E-state index >= 15 is 0 Å². The Morgan fingerprint density at radius 3 is 2.68 bits per heavy atom. The van der Waals surface area contributed by atoms with Gasteiger partial charge in [0, 0.05) is 12.6 Å². The van der Waals surface area contributed by atoms with Crippen LogP contribution in [0.25, 0.3) is 0 Å². The number of nitrogens with one attached hydrogen (secondary N) is 1. The van der Waals surface area contributed by atoms with Crippen molar-refractivity contribution in [3.05, 3.63) is 19.2 Å². The number of hydrogen-bond donors (Lipinski definition) is 1. The summed E-state index contributed by atoms with van der Waals surface area (Å²) in [5.74, 6) is 0.155. The summed E-state index contributed by atoms with van der Waals surface area (Å²) in [5, 5.41) is 3.35. The smallest absolute Gasteiger partial charge is 0.256 e. The highest BCUT2D eigenvalue weighted by Crippen LogP contribution is 2.33. The second kappa shape index (κ2) is 7.20. The average Bonchev–Trinajstić information content (AvgIpc) is 2.75. The molecule has 6 heteroatoms. The van der Waals surface area contributed by atoms with Crippen molar-refractivity contribution < 1.29 is 4.79 Å². The van der Waals surface area contributed by atoms with Gasteiger partial charge < -0.3 is 10.2 Å². The quantitative estimate of drug-likeness (QED) is 0.818. The molecule has 1 aliphatic heterocycles. The summed E-state index contributed by atoms with van der Waals surface area (Å²) in [4.78, 5) is 14.8. The fraction of sp³-hybridized carbons (Fsp3) is 0.615. The van der Waals surface area contributed by atoms with Crippen molar-refractivity contribution in [2.45, 2.75) is 32.2 Å². The lowest BCUT2D eigenvalue weighted by Crippen LogP contribution is -2.46. The minimum absolute atomic E-state index is 0.155. The van der Waals surface area contributed by atoms with Crippen LogP contribution in [0.15, 0.2) is 13.6 Å². The third-order valence-corrected chi connectivity index (χ3v) is 5.70. The molecule has 1 aliphatic rings. The highest BCUT2D eigenvalue weighted by Gasteiger charge is 2.27. The number of carbonyl (C=O) groups is 1. The maximum absolute atomic E-state index is 12.7. The fourth-order valence-corrected chi connectivity index (χ4v) is 5.23. The Bertz CT molecular complexity index is 444. The fourth-order valence-electron chi connectivity index (χ4n) is 2.45. The third kappa shape index (κ3) is 3.80. The molecule has 0 aliphatic carbocycles. The second-order valence-corrected chi connectivity index (χ2v) is 8.47. The van der Waals surface area contributed by atoms with Crippen LogP contribution in [0.5, 0.6) is 0 Å². The van der Waals surface area contributed by atoms with Gasteiger partial charge in [-0.15, -0.1) is 11.3 Å². The Kier molecular flexibility index (Phi) is 5.87. The van der Waals surface area contributed by atoms with Crippen molar-refractivity contribution in [1.29, 1.82) is 0 Å². The van der Waals surface area contributed by atoms with Crippen molar-refractivity contribution in [3.8, 4) is 0 Å². The Morgan fingerprint density at radius 2 is 2.16 bits per heavy atom. The van der Waals surface area contributed by atoms with E-state index in [1.165, 1.54) is 0 Å².